The third kappa shape index (κ3) is 7.32. The lowest BCUT2D eigenvalue weighted by Crippen LogP contribution is -2.54. The molecule has 1 amide bonds. The first kappa shape index (κ1) is 25.5. The van der Waals surface area contributed by atoms with E-state index in [-0.39, 0.29) is 42.2 Å². The largest absolute Gasteiger partial charge is 0.444 e. The van der Waals surface area contributed by atoms with E-state index in [0.29, 0.717) is 19.0 Å². The minimum atomic E-state index is -0.744. The molecule has 0 aliphatic carbocycles. The number of ether oxygens (including phenoxy) is 2. The van der Waals surface area contributed by atoms with Crippen molar-refractivity contribution < 1.29 is 14.3 Å². The Hall–Kier alpha value is -1.56. The highest BCUT2D eigenvalue weighted by Crippen LogP contribution is 2.33. The Balaban J connectivity index is 0.00000420. The molecule has 0 spiro atoms. The van der Waals surface area contributed by atoms with Crippen LogP contribution in [-0.2, 0) is 16.0 Å². The van der Waals surface area contributed by atoms with Gasteiger partial charge in [0.15, 0.2) is 5.96 Å². The van der Waals surface area contributed by atoms with Crippen LogP contribution in [0.1, 0.15) is 41.5 Å². The lowest BCUT2D eigenvalue weighted by molar-refractivity contribution is -0.0755. The number of imidazole rings is 1. The van der Waals surface area contributed by atoms with Gasteiger partial charge in [-0.1, -0.05) is 0 Å². The average Bonchev–Trinajstić information content (AvgIpc) is 3.14. The highest BCUT2D eigenvalue weighted by Gasteiger charge is 2.49. The van der Waals surface area contributed by atoms with E-state index >= 15 is 0 Å². The Morgan fingerprint density at radius 1 is 1.34 bits per heavy atom. The highest BCUT2D eigenvalue weighted by molar-refractivity contribution is 14.0. The number of carbonyl (C=O) groups excluding carboxylic acids is 1. The van der Waals surface area contributed by atoms with Crippen molar-refractivity contribution in [3.8, 4) is 0 Å². The number of amides is 1. The van der Waals surface area contributed by atoms with Gasteiger partial charge in [-0.25, -0.2) is 9.78 Å². The number of hydrogen-bond donors (Lipinski definition) is 2. The monoisotopic (exact) mass is 522 g/mol. The summed E-state index contributed by atoms with van der Waals surface area (Å²) in [6.45, 7) is 13.3. The standard InChI is InChI=1S/C19H34N6O3.HI/c1-14-15(25(19(5,6)27-14)17(26)28-18(2,3)4)12-23-16(20-7)22-9-11-24-10-8-21-13-24;/h8,10,13-15H,9,11-12H2,1-7H3,(H2,20,22,23);1H. The van der Waals surface area contributed by atoms with Crippen LogP contribution in [0.5, 0.6) is 0 Å². The van der Waals surface area contributed by atoms with Gasteiger partial charge in [-0.05, 0) is 41.5 Å². The lowest BCUT2D eigenvalue weighted by atomic mass is 10.1. The third-order valence-electron chi connectivity index (χ3n) is 4.44. The van der Waals surface area contributed by atoms with Gasteiger partial charge in [0, 0.05) is 39.1 Å². The highest BCUT2D eigenvalue weighted by atomic mass is 127. The summed E-state index contributed by atoms with van der Waals surface area (Å²) in [4.78, 5) is 22.7. The molecule has 0 aromatic carbocycles. The molecule has 1 saturated heterocycles. The fourth-order valence-electron chi connectivity index (χ4n) is 3.27. The number of rotatable bonds is 5. The summed E-state index contributed by atoms with van der Waals surface area (Å²) in [7, 11) is 1.72. The zero-order valence-electron chi connectivity index (χ0n) is 18.4. The molecule has 0 bridgehead atoms. The molecule has 1 fully saturated rings. The maximum atomic E-state index is 12.8. The van der Waals surface area contributed by atoms with Crippen molar-refractivity contribution in [2.75, 3.05) is 20.1 Å². The Morgan fingerprint density at radius 3 is 2.59 bits per heavy atom. The van der Waals surface area contributed by atoms with E-state index < -0.39 is 11.3 Å². The van der Waals surface area contributed by atoms with E-state index in [1.54, 1.807) is 24.5 Å². The molecule has 0 saturated carbocycles. The second-order valence-corrected chi connectivity index (χ2v) is 8.37. The number of guanidine groups is 1. The van der Waals surface area contributed by atoms with E-state index in [2.05, 4.69) is 20.6 Å². The summed E-state index contributed by atoms with van der Waals surface area (Å²) in [6, 6.07) is -0.183. The number of halogens is 1. The van der Waals surface area contributed by atoms with Gasteiger partial charge in [0.25, 0.3) is 0 Å². The number of nitrogens with zero attached hydrogens (tertiary/aromatic N) is 4. The number of nitrogens with one attached hydrogen (secondary N) is 2. The van der Waals surface area contributed by atoms with E-state index in [1.807, 2.05) is 52.3 Å². The molecule has 2 atom stereocenters. The molecule has 10 heteroatoms. The van der Waals surface area contributed by atoms with Crippen molar-refractivity contribution in [2.24, 2.45) is 4.99 Å². The van der Waals surface area contributed by atoms with Crippen molar-refractivity contribution in [1.29, 1.82) is 0 Å². The van der Waals surface area contributed by atoms with Gasteiger partial charge in [-0.2, -0.15) is 0 Å². The summed E-state index contributed by atoms with van der Waals surface area (Å²) in [5.74, 6) is 0.668. The molecule has 2 heterocycles. The van der Waals surface area contributed by atoms with Gasteiger partial charge in [-0.15, -0.1) is 24.0 Å². The zero-order valence-corrected chi connectivity index (χ0v) is 20.8. The van der Waals surface area contributed by atoms with Crippen molar-refractivity contribution in [3.05, 3.63) is 18.7 Å². The smallest absolute Gasteiger partial charge is 0.412 e. The van der Waals surface area contributed by atoms with Gasteiger partial charge in [0.05, 0.1) is 18.5 Å². The fraction of sp³-hybridized carbons (Fsp3) is 0.737. The molecular formula is C19H35IN6O3. The normalized spacial score (nSPS) is 21.5. The van der Waals surface area contributed by atoms with E-state index in [1.165, 1.54) is 0 Å². The average molecular weight is 522 g/mol. The second-order valence-electron chi connectivity index (χ2n) is 8.37. The third-order valence-corrected chi connectivity index (χ3v) is 4.44. The Morgan fingerprint density at radius 2 is 2.03 bits per heavy atom. The molecule has 166 valence electrons. The van der Waals surface area contributed by atoms with Crippen molar-refractivity contribution in [3.63, 3.8) is 0 Å². The van der Waals surface area contributed by atoms with Crippen molar-refractivity contribution in [2.45, 2.75) is 71.6 Å². The molecule has 0 radical (unpaired) electrons. The molecule has 2 unspecified atom stereocenters. The summed E-state index contributed by atoms with van der Waals surface area (Å²) >= 11 is 0. The van der Waals surface area contributed by atoms with Crippen LogP contribution < -0.4 is 10.6 Å². The first-order chi connectivity index (χ1) is 13.0. The van der Waals surface area contributed by atoms with Gasteiger partial charge in [0.2, 0.25) is 0 Å². The molecule has 2 N–H and O–H groups in total. The second kappa shape index (κ2) is 10.5. The predicted molar refractivity (Wildman–Crippen MR) is 123 cm³/mol. The number of hydrogen-bond acceptors (Lipinski definition) is 5. The summed E-state index contributed by atoms with van der Waals surface area (Å²) < 4.78 is 13.6. The van der Waals surface area contributed by atoms with Crippen LogP contribution >= 0.6 is 24.0 Å². The number of aliphatic imine (C=N–C) groups is 1. The summed E-state index contributed by atoms with van der Waals surface area (Å²) in [5.41, 5.74) is -1.31. The van der Waals surface area contributed by atoms with E-state index in [4.69, 9.17) is 9.47 Å². The molecule has 1 aromatic heterocycles. The van der Waals surface area contributed by atoms with E-state index in [0.717, 1.165) is 6.54 Å². The lowest BCUT2D eigenvalue weighted by Gasteiger charge is -2.35. The van der Waals surface area contributed by atoms with Crippen LogP contribution in [-0.4, -0.2) is 70.1 Å². The molecule has 1 aromatic rings. The predicted octanol–water partition coefficient (Wildman–Crippen LogP) is 2.43. The molecule has 9 nitrogen and oxygen atoms in total. The maximum absolute atomic E-state index is 12.8. The molecule has 1 aliphatic rings. The fourth-order valence-corrected chi connectivity index (χ4v) is 3.27. The van der Waals surface area contributed by atoms with Gasteiger partial charge in [0.1, 0.15) is 11.3 Å². The van der Waals surface area contributed by atoms with Crippen molar-refractivity contribution in [1.82, 2.24) is 25.1 Å². The Bertz CT molecular complexity index is 672. The van der Waals surface area contributed by atoms with Crippen LogP contribution in [0.2, 0.25) is 0 Å². The first-order valence-corrected chi connectivity index (χ1v) is 9.64. The SMILES string of the molecule is CN=C(NCCn1ccnc1)NCC1C(C)OC(C)(C)N1C(=O)OC(C)(C)C.I. The van der Waals surface area contributed by atoms with Crippen LogP contribution in [0.4, 0.5) is 4.79 Å². The number of aromatic nitrogens is 2. The van der Waals surface area contributed by atoms with Gasteiger partial charge >= 0.3 is 6.09 Å². The molecular weight excluding hydrogens is 487 g/mol. The summed E-state index contributed by atoms with van der Waals surface area (Å²) in [6.07, 6.45) is 4.92. The summed E-state index contributed by atoms with van der Waals surface area (Å²) in [5, 5.41) is 6.56. The van der Waals surface area contributed by atoms with Crippen LogP contribution in [0.25, 0.3) is 0 Å². The molecule has 29 heavy (non-hydrogen) atoms. The minimum absolute atomic E-state index is 0. The number of carbonyl (C=O) groups is 1. The Labute approximate surface area is 190 Å². The van der Waals surface area contributed by atoms with Crippen LogP contribution in [0.15, 0.2) is 23.7 Å². The molecule has 2 rings (SSSR count). The topological polar surface area (TPSA) is 93.0 Å². The Kier molecular flexibility index (Phi) is 9.19. The van der Waals surface area contributed by atoms with Crippen molar-refractivity contribution >= 4 is 36.0 Å². The van der Waals surface area contributed by atoms with Crippen LogP contribution in [0.3, 0.4) is 0 Å². The molecule has 1 aliphatic heterocycles. The zero-order chi connectivity index (χ0) is 20.9. The quantitative estimate of drug-likeness (QED) is 0.351. The van der Waals surface area contributed by atoms with Gasteiger partial charge in [-0.3, -0.25) is 9.89 Å². The minimum Gasteiger partial charge on any atom is -0.444 e. The van der Waals surface area contributed by atoms with Gasteiger partial charge < -0.3 is 24.7 Å². The van der Waals surface area contributed by atoms with Crippen LogP contribution in [0, 0.1) is 0 Å². The first-order valence-electron chi connectivity index (χ1n) is 9.64. The van der Waals surface area contributed by atoms with E-state index in [9.17, 15) is 4.79 Å². The maximum Gasteiger partial charge on any atom is 0.412 e.